The zero-order chi connectivity index (χ0) is 13.9. The second-order valence-corrected chi connectivity index (χ2v) is 4.86. The lowest BCUT2D eigenvalue weighted by atomic mass is 10.1. The van der Waals surface area contributed by atoms with Gasteiger partial charge in [-0.05, 0) is 30.2 Å². The fourth-order valence-corrected chi connectivity index (χ4v) is 2.37. The van der Waals surface area contributed by atoms with Crippen LogP contribution in [0.5, 0.6) is 0 Å². The number of tetrazole rings is 1. The number of aromatic amines is 1. The van der Waals surface area contributed by atoms with Crippen molar-refractivity contribution in [2.24, 2.45) is 0 Å². The molecular weight excluding hydrogens is 258 g/mol. The maximum atomic E-state index is 12.3. The van der Waals surface area contributed by atoms with Crippen LogP contribution < -0.4 is 0 Å². The van der Waals surface area contributed by atoms with E-state index in [2.05, 4.69) is 20.6 Å². The number of carbonyl (C=O) groups is 1. The Hall–Kier alpha value is -2.28. The van der Waals surface area contributed by atoms with Gasteiger partial charge in [-0.3, -0.25) is 4.79 Å². The second-order valence-electron chi connectivity index (χ2n) is 4.86. The Labute approximate surface area is 115 Å². The van der Waals surface area contributed by atoms with Crippen LogP contribution in [0.2, 0.25) is 0 Å². The summed E-state index contributed by atoms with van der Waals surface area (Å²) in [5.74, 6) is 0.445. The number of aliphatic hydroxyl groups excluding tert-OH is 1. The number of H-pyrrole nitrogens is 1. The molecule has 2 aromatic rings. The quantitative estimate of drug-likeness (QED) is 0.829. The number of nitrogens with zero attached hydrogens (tertiary/aromatic N) is 4. The summed E-state index contributed by atoms with van der Waals surface area (Å²) in [6.45, 7) is 1.11. The number of amides is 1. The summed E-state index contributed by atoms with van der Waals surface area (Å²) in [6, 6.07) is 7.07. The molecule has 104 valence electrons. The minimum absolute atomic E-state index is 0.0524. The van der Waals surface area contributed by atoms with E-state index in [0.29, 0.717) is 24.5 Å². The average molecular weight is 273 g/mol. The summed E-state index contributed by atoms with van der Waals surface area (Å²) < 4.78 is 0. The van der Waals surface area contributed by atoms with Crippen molar-refractivity contribution >= 4 is 5.91 Å². The molecule has 2 N–H and O–H groups in total. The maximum absolute atomic E-state index is 12.3. The number of aromatic nitrogens is 4. The van der Waals surface area contributed by atoms with E-state index >= 15 is 0 Å². The highest BCUT2D eigenvalue weighted by atomic mass is 16.3. The summed E-state index contributed by atoms with van der Waals surface area (Å²) in [6.07, 6.45) is 1.19. The second kappa shape index (κ2) is 5.38. The van der Waals surface area contributed by atoms with Crippen LogP contribution in [0.15, 0.2) is 24.3 Å². The topological polar surface area (TPSA) is 95.0 Å². The molecule has 0 saturated carbocycles. The normalized spacial score (nSPS) is 19.1. The minimum atomic E-state index is -0.411. The summed E-state index contributed by atoms with van der Waals surface area (Å²) >= 11 is 0. The van der Waals surface area contributed by atoms with Crippen LogP contribution in [-0.4, -0.2) is 55.7 Å². The standard InChI is InChI=1S/C13H15N5O2/c19-11-2-1-7-18(8-11)13(20)10-5-3-9(4-6-10)12-14-16-17-15-12/h3-6,11,19H,1-2,7-8H2,(H,14,15,16,17). The minimum Gasteiger partial charge on any atom is -0.391 e. The van der Waals surface area contributed by atoms with Crippen LogP contribution in [0.25, 0.3) is 11.4 Å². The number of nitrogens with one attached hydrogen (secondary N) is 1. The molecule has 1 aromatic carbocycles. The Morgan fingerprint density at radius 1 is 1.35 bits per heavy atom. The smallest absolute Gasteiger partial charge is 0.253 e. The number of aliphatic hydroxyl groups is 1. The lowest BCUT2D eigenvalue weighted by Gasteiger charge is -2.30. The maximum Gasteiger partial charge on any atom is 0.253 e. The van der Waals surface area contributed by atoms with Gasteiger partial charge in [-0.25, -0.2) is 0 Å². The van der Waals surface area contributed by atoms with Gasteiger partial charge in [0.15, 0.2) is 0 Å². The lowest BCUT2D eigenvalue weighted by molar-refractivity contribution is 0.0474. The number of hydrogen-bond acceptors (Lipinski definition) is 5. The molecule has 1 saturated heterocycles. The number of hydrogen-bond donors (Lipinski definition) is 2. The Balaban J connectivity index is 1.75. The van der Waals surface area contributed by atoms with E-state index in [4.69, 9.17) is 0 Å². The Morgan fingerprint density at radius 2 is 2.15 bits per heavy atom. The molecule has 1 aromatic heterocycles. The zero-order valence-corrected chi connectivity index (χ0v) is 10.9. The fraction of sp³-hybridized carbons (Fsp3) is 0.385. The third-order valence-electron chi connectivity index (χ3n) is 3.42. The van der Waals surface area contributed by atoms with Crippen molar-refractivity contribution in [3.05, 3.63) is 29.8 Å². The first-order chi connectivity index (χ1) is 9.74. The largest absolute Gasteiger partial charge is 0.391 e. The number of β-amino-alcohol motifs (C(OH)–C–C–N with tert-alkyl or cyclic N) is 1. The van der Waals surface area contributed by atoms with Crippen molar-refractivity contribution in [2.45, 2.75) is 18.9 Å². The van der Waals surface area contributed by atoms with E-state index in [-0.39, 0.29) is 5.91 Å². The molecule has 0 bridgehead atoms. The van der Waals surface area contributed by atoms with Crippen LogP contribution in [0.4, 0.5) is 0 Å². The fourth-order valence-electron chi connectivity index (χ4n) is 2.37. The highest BCUT2D eigenvalue weighted by molar-refractivity contribution is 5.94. The SMILES string of the molecule is O=C(c1ccc(-c2nn[nH]n2)cc1)N1CCCC(O)C1. The molecule has 0 spiro atoms. The molecule has 2 heterocycles. The predicted octanol–water partition coefficient (Wildman–Crippen LogP) is 0.464. The van der Waals surface area contributed by atoms with Gasteiger partial charge in [0, 0.05) is 24.2 Å². The molecule has 1 unspecified atom stereocenters. The molecule has 1 aliphatic heterocycles. The Bertz CT molecular complexity index is 581. The lowest BCUT2D eigenvalue weighted by Crippen LogP contribution is -2.42. The van der Waals surface area contributed by atoms with Gasteiger partial charge in [0.05, 0.1) is 6.10 Å². The van der Waals surface area contributed by atoms with Gasteiger partial charge >= 0.3 is 0 Å². The van der Waals surface area contributed by atoms with E-state index in [0.717, 1.165) is 18.4 Å². The number of benzene rings is 1. The van der Waals surface area contributed by atoms with Crippen molar-refractivity contribution in [1.29, 1.82) is 0 Å². The third kappa shape index (κ3) is 2.53. The van der Waals surface area contributed by atoms with Gasteiger partial charge in [-0.1, -0.05) is 12.1 Å². The molecule has 1 atom stereocenters. The zero-order valence-electron chi connectivity index (χ0n) is 10.9. The van der Waals surface area contributed by atoms with Crippen molar-refractivity contribution < 1.29 is 9.90 Å². The van der Waals surface area contributed by atoms with Crippen molar-refractivity contribution in [1.82, 2.24) is 25.5 Å². The molecule has 1 aliphatic rings. The molecule has 0 radical (unpaired) electrons. The summed E-state index contributed by atoms with van der Waals surface area (Å²) in [7, 11) is 0. The van der Waals surface area contributed by atoms with E-state index in [9.17, 15) is 9.90 Å². The predicted molar refractivity (Wildman–Crippen MR) is 70.8 cm³/mol. The van der Waals surface area contributed by atoms with Crippen molar-refractivity contribution in [3.8, 4) is 11.4 Å². The number of rotatable bonds is 2. The highest BCUT2D eigenvalue weighted by Crippen LogP contribution is 2.17. The first kappa shape index (κ1) is 12.7. The molecule has 7 nitrogen and oxygen atoms in total. The number of carbonyl (C=O) groups excluding carboxylic acids is 1. The van der Waals surface area contributed by atoms with E-state index < -0.39 is 6.10 Å². The van der Waals surface area contributed by atoms with Gasteiger partial charge in [0.1, 0.15) is 0 Å². The van der Waals surface area contributed by atoms with Crippen LogP contribution in [0.3, 0.4) is 0 Å². The summed E-state index contributed by atoms with van der Waals surface area (Å²) in [5.41, 5.74) is 1.40. The number of likely N-dealkylation sites (tertiary alicyclic amines) is 1. The molecule has 20 heavy (non-hydrogen) atoms. The summed E-state index contributed by atoms with van der Waals surface area (Å²) in [4.78, 5) is 14.0. The van der Waals surface area contributed by atoms with Gasteiger partial charge < -0.3 is 10.0 Å². The van der Waals surface area contributed by atoms with Crippen molar-refractivity contribution in [2.75, 3.05) is 13.1 Å². The van der Waals surface area contributed by atoms with Crippen LogP contribution in [0.1, 0.15) is 23.2 Å². The molecular formula is C13H15N5O2. The van der Waals surface area contributed by atoms with Crippen LogP contribution in [0, 0.1) is 0 Å². The van der Waals surface area contributed by atoms with Gasteiger partial charge in [0.25, 0.3) is 5.91 Å². The monoisotopic (exact) mass is 273 g/mol. The van der Waals surface area contributed by atoms with Crippen LogP contribution >= 0.6 is 0 Å². The molecule has 7 heteroatoms. The third-order valence-corrected chi connectivity index (χ3v) is 3.42. The van der Waals surface area contributed by atoms with E-state index in [1.807, 2.05) is 0 Å². The average Bonchev–Trinajstić information content (AvgIpc) is 3.01. The molecule has 1 fully saturated rings. The van der Waals surface area contributed by atoms with Gasteiger partial charge in [-0.2, -0.15) is 5.21 Å². The van der Waals surface area contributed by atoms with E-state index in [1.165, 1.54) is 0 Å². The Kier molecular flexibility index (Phi) is 3.42. The first-order valence-electron chi connectivity index (χ1n) is 6.55. The highest BCUT2D eigenvalue weighted by Gasteiger charge is 2.22. The van der Waals surface area contributed by atoms with Crippen molar-refractivity contribution in [3.63, 3.8) is 0 Å². The number of piperidine rings is 1. The van der Waals surface area contributed by atoms with Gasteiger partial charge in [0.2, 0.25) is 5.82 Å². The molecule has 3 rings (SSSR count). The molecule has 1 amide bonds. The van der Waals surface area contributed by atoms with E-state index in [1.54, 1.807) is 29.2 Å². The first-order valence-corrected chi connectivity index (χ1v) is 6.55. The van der Waals surface area contributed by atoms with Crippen LogP contribution in [-0.2, 0) is 0 Å². The van der Waals surface area contributed by atoms with Gasteiger partial charge in [-0.15, -0.1) is 10.2 Å². The Morgan fingerprint density at radius 3 is 2.80 bits per heavy atom. The molecule has 0 aliphatic carbocycles. The summed E-state index contributed by atoms with van der Waals surface area (Å²) in [5, 5.41) is 23.3.